The summed E-state index contributed by atoms with van der Waals surface area (Å²) in [6, 6.07) is 10.4. The maximum absolute atomic E-state index is 11.9. The summed E-state index contributed by atoms with van der Waals surface area (Å²) < 4.78 is 17.3. The predicted molar refractivity (Wildman–Crippen MR) is 130 cm³/mol. The van der Waals surface area contributed by atoms with Gasteiger partial charge in [0.2, 0.25) is 0 Å². The molecule has 1 aliphatic rings. The zero-order chi connectivity index (χ0) is 25.9. The Morgan fingerprint density at radius 2 is 1.71 bits per heavy atom. The molecule has 0 radical (unpaired) electrons. The van der Waals surface area contributed by atoms with Crippen molar-refractivity contribution in [3.05, 3.63) is 63.7 Å². The Hall–Kier alpha value is -2.90. The fourth-order valence-corrected chi connectivity index (χ4v) is 4.61. The molecular weight excluding hydrogens is 472 g/mol. The first-order valence-electron chi connectivity index (χ1n) is 11.5. The average molecular weight is 503 g/mol. The van der Waals surface area contributed by atoms with Gasteiger partial charge in [0.05, 0.1) is 11.7 Å². The van der Waals surface area contributed by atoms with Crippen LogP contribution in [-0.4, -0.2) is 41.6 Å². The summed E-state index contributed by atoms with van der Waals surface area (Å²) in [6.45, 7) is 8.19. The molecule has 2 aromatic carbocycles. The number of ether oxygens (including phenoxy) is 3. The molecule has 0 aromatic heterocycles. The summed E-state index contributed by atoms with van der Waals surface area (Å²) in [7, 11) is 0. The number of carbonyl (C=O) groups excluding carboxylic acids is 3. The molecule has 0 aliphatic carbocycles. The quantitative estimate of drug-likeness (QED) is 0.418. The van der Waals surface area contributed by atoms with Gasteiger partial charge in [0.15, 0.2) is 5.78 Å². The Bertz CT molecular complexity index is 1110. The van der Waals surface area contributed by atoms with Crippen LogP contribution in [0, 0.1) is 11.8 Å². The largest absolute Gasteiger partial charge is 0.507 e. The first kappa shape index (κ1) is 26.7. The van der Waals surface area contributed by atoms with Gasteiger partial charge in [0.1, 0.15) is 24.6 Å². The van der Waals surface area contributed by atoms with Crippen LogP contribution in [-0.2, 0) is 30.2 Å². The second-order valence-electron chi connectivity index (χ2n) is 9.13. The van der Waals surface area contributed by atoms with E-state index in [0.717, 1.165) is 16.7 Å². The first-order valence-corrected chi connectivity index (χ1v) is 11.9. The number of ketones is 1. The molecule has 0 saturated carbocycles. The van der Waals surface area contributed by atoms with Crippen LogP contribution < -0.4 is 0 Å². The highest BCUT2D eigenvalue weighted by molar-refractivity contribution is 6.31. The molecular formula is C27H31ClO7. The van der Waals surface area contributed by atoms with Gasteiger partial charge in [0.25, 0.3) is 0 Å². The van der Waals surface area contributed by atoms with Gasteiger partial charge in [-0.15, -0.1) is 0 Å². The highest BCUT2D eigenvalue weighted by Crippen LogP contribution is 2.41. The minimum atomic E-state index is -0.589. The number of Topliss-reactive ketones (excluding diaryl/α,β-unsaturated/α-hetero) is 1. The van der Waals surface area contributed by atoms with Crippen molar-refractivity contribution >= 4 is 29.3 Å². The van der Waals surface area contributed by atoms with Gasteiger partial charge in [-0.2, -0.15) is 0 Å². The summed E-state index contributed by atoms with van der Waals surface area (Å²) in [6.07, 6.45) is -1.08. The topological polar surface area (TPSA) is 99.1 Å². The SMILES string of the molecule is CC(=O)OC[C@H]1O[C@@H](c2ccc(Cl)c(Cc3ccc(O)c(C(C)=O)c3)c2)[C@H](OC(C)=O)[C@@H](C)[C@@H]1C. The van der Waals surface area contributed by atoms with Crippen molar-refractivity contribution < 1.29 is 33.7 Å². The molecule has 0 bridgehead atoms. The van der Waals surface area contributed by atoms with E-state index in [1.54, 1.807) is 18.2 Å². The number of halogens is 1. The van der Waals surface area contributed by atoms with Gasteiger partial charge in [-0.1, -0.05) is 43.6 Å². The van der Waals surface area contributed by atoms with E-state index in [4.69, 9.17) is 25.8 Å². The third-order valence-electron chi connectivity index (χ3n) is 6.54. The molecule has 7 nitrogen and oxygen atoms in total. The Kier molecular flexibility index (Phi) is 8.56. The first-order chi connectivity index (χ1) is 16.5. The average Bonchev–Trinajstić information content (AvgIpc) is 2.78. The number of hydrogen-bond donors (Lipinski definition) is 1. The van der Waals surface area contributed by atoms with Crippen LogP contribution in [0.5, 0.6) is 5.75 Å². The summed E-state index contributed by atoms with van der Waals surface area (Å²) in [5, 5.41) is 10.5. The van der Waals surface area contributed by atoms with E-state index in [1.165, 1.54) is 26.8 Å². The normalized spacial score (nSPS) is 24.0. The van der Waals surface area contributed by atoms with Crippen LogP contribution in [0.3, 0.4) is 0 Å². The van der Waals surface area contributed by atoms with Gasteiger partial charge in [-0.25, -0.2) is 0 Å². The van der Waals surface area contributed by atoms with Gasteiger partial charge in [-0.3, -0.25) is 14.4 Å². The monoisotopic (exact) mass is 502 g/mol. The lowest BCUT2D eigenvalue weighted by molar-refractivity contribution is -0.205. The number of phenols is 1. The smallest absolute Gasteiger partial charge is 0.303 e. The number of aromatic hydroxyl groups is 1. The fourth-order valence-electron chi connectivity index (χ4n) is 4.42. The van der Waals surface area contributed by atoms with Crippen molar-refractivity contribution in [2.75, 3.05) is 6.61 Å². The van der Waals surface area contributed by atoms with Crippen LogP contribution in [0.2, 0.25) is 5.02 Å². The standard InChI is InChI=1S/C27H31ClO7/c1-14-15(2)26(34-18(5)31)27(35-25(14)13-33-17(4)30)20-7-8-23(28)21(12-20)10-19-6-9-24(32)22(11-19)16(3)29/h6-9,11-12,14-15,25-27,32H,10,13H2,1-5H3/t14-,15-,25+,26+,27-/m0/s1. The summed E-state index contributed by atoms with van der Waals surface area (Å²) in [5.74, 6) is -1.18. The molecule has 2 aromatic rings. The zero-order valence-electron chi connectivity index (χ0n) is 20.5. The van der Waals surface area contributed by atoms with E-state index in [2.05, 4.69) is 0 Å². The molecule has 3 rings (SSSR count). The lowest BCUT2D eigenvalue weighted by Crippen LogP contribution is -2.48. The van der Waals surface area contributed by atoms with Crippen molar-refractivity contribution in [2.24, 2.45) is 11.8 Å². The molecule has 1 heterocycles. The Labute approximate surface area is 210 Å². The number of rotatable bonds is 7. The number of esters is 2. The van der Waals surface area contributed by atoms with Crippen LogP contribution in [0.4, 0.5) is 0 Å². The number of benzene rings is 2. The maximum atomic E-state index is 11.9. The molecule has 0 amide bonds. The third-order valence-corrected chi connectivity index (χ3v) is 6.91. The van der Waals surface area contributed by atoms with Crippen LogP contribution in [0.25, 0.3) is 0 Å². The molecule has 1 N–H and O–H groups in total. The minimum absolute atomic E-state index is 0.0243. The highest BCUT2D eigenvalue weighted by atomic mass is 35.5. The van der Waals surface area contributed by atoms with Crippen LogP contribution in [0.15, 0.2) is 36.4 Å². The molecule has 188 valence electrons. The molecule has 1 saturated heterocycles. The van der Waals surface area contributed by atoms with Gasteiger partial charge >= 0.3 is 11.9 Å². The maximum Gasteiger partial charge on any atom is 0.303 e. The van der Waals surface area contributed by atoms with E-state index in [9.17, 15) is 19.5 Å². The second-order valence-corrected chi connectivity index (χ2v) is 9.53. The highest BCUT2D eigenvalue weighted by Gasteiger charge is 2.44. The van der Waals surface area contributed by atoms with Crippen molar-refractivity contribution in [1.29, 1.82) is 0 Å². The van der Waals surface area contributed by atoms with E-state index in [0.29, 0.717) is 11.4 Å². The molecule has 0 spiro atoms. The minimum Gasteiger partial charge on any atom is -0.507 e. The lowest BCUT2D eigenvalue weighted by atomic mass is 9.79. The number of phenolic OH excluding ortho intramolecular Hbond substituents is 1. The van der Waals surface area contributed by atoms with E-state index >= 15 is 0 Å². The third kappa shape index (κ3) is 6.41. The van der Waals surface area contributed by atoms with E-state index in [-0.39, 0.29) is 47.6 Å². The summed E-state index contributed by atoms with van der Waals surface area (Å²) in [5.41, 5.74) is 2.62. The van der Waals surface area contributed by atoms with Crippen LogP contribution in [0.1, 0.15) is 67.8 Å². The second kappa shape index (κ2) is 11.2. The Morgan fingerprint density at radius 1 is 1.00 bits per heavy atom. The van der Waals surface area contributed by atoms with Crippen molar-refractivity contribution in [3.8, 4) is 5.75 Å². The van der Waals surface area contributed by atoms with Crippen molar-refractivity contribution in [1.82, 2.24) is 0 Å². The molecule has 5 atom stereocenters. The van der Waals surface area contributed by atoms with Crippen molar-refractivity contribution in [3.63, 3.8) is 0 Å². The molecule has 1 fully saturated rings. The van der Waals surface area contributed by atoms with Crippen molar-refractivity contribution in [2.45, 2.75) is 59.4 Å². The van der Waals surface area contributed by atoms with Crippen LogP contribution >= 0.6 is 11.6 Å². The fraction of sp³-hybridized carbons (Fsp3) is 0.444. The molecule has 0 unspecified atom stereocenters. The zero-order valence-corrected chi connectivity index (χ0v) is 21.3. The summed E-state index contributed by atoms with van der Waals surface area (Å²) >= 11 is 6.50. The number of carbonyl (C=O) groups is 3. The molecule has 1 aliphatic heterocycles. The van der Waals surface area contributed by atoms with Gasteiger partial charge < -0.3 is 19.3 Å². The van der Waals surface area contributed by atoms with E-state index in [1.807, 2.05) is 26.0 Å². The van der Waals surface area contributed by atoms with Gasteiger partial charge in [-0.05, 0) is 54.2 Å². The predicted octanol–water partition coefficient (Wildman–Crippen LogP) is 5.05. The number of hydrogen-bond acceptors (Lipinski definition) is 7. The summed E-state index contributed by atoms with van der Waals surface area (Å²) in [4.78, 5) is 35.1. The molecule has 8 heteroatoms. The Morgan fingerprint density at radius 3 is 2.34 bits per heavy atom. The lowest BCUT2D eigenvalue weighted by Gasteiger charge is -2.44. The molecule has 35 heavy (non-hydrogen) atoms. The van der Waals surface area contributed by atoms with Gasteiger partial charge in [0, 0.05) is 24.8 Å². The Balaban J connectivity index is 1.95. The van der Waals surface area contributed by atoms with E-state index < -0.39 is 18.2 Å².